The third-order valence-electron chi connectivity index (χ3n) is 3.23. The molecule has 0 aliphatic carbocycles. The van der Waals surface area contributed by atoms with E-state index in [1.807, 2.05) is 0 Å². The summed E-state index contributed by atoms with van der Waals surface area (Å²) in [4.78, 5) is 2.31. The maximum absolute atomic E-state index is 13.7. The number of rotatable bonds is 2. The first-order chi connectivity index (χ1) is 8.34. The summed E-state index contributed by atoms with van der Waals surface area (Å²) >= 11 is 0. The van der Waals surface area contributed by atoms with Crippen molar-refractivity contribution in [2.24, 2.45) is 0 Å². The quantitative estimate of drug-likeness (QED) is 0.861. The second-order valence-corrected chi connectivity index (χ2v) is 4.40. The normalized spacial score (nSPS) is 17.7. The Morgan fingerprint density at radius 1 is 1.29 bits per heavy atom. The molecule has 1 N–H and O–H groups in total. The van der Waals surface area contributed by atoms with E-state index in [0.29, 0.717) is 11.0 Å². The van der Waals surface area contributed by atoms with Gasteiger partial charge in [0, 0.05) is 38.3 Å². The first-order valence-electron chi connectivity index (χ1n) is 5.92. The first-order valence-corrected chi connectivity index (χ1v) is 5.92. The van der Waals surface area contributed by atoms with Crippen molar-refractivity contribution < 1.29 is 8.81 Å². The minimum atomic E-state index is -0.193. The summed E-state index contributed by atoms with van der Waals surface area (Å²) in [6.07, 6.45) is 1.68. The molecule has 17 heavy (non-hydrogen) atoms. The highest BCUT2D eigenvalue weighted by atomic mass is 19.1. The Balaban J connectivity index is 1.89. The van der Waals surface area contributed by atoms with E-state index in [2.05, 4.69) is 10.2 Å². The van der Waals surface area contributed by atoms with Gasteiger partial charge in [0.05, 0.1) is 11.6 Å². The van der Waals surface area contributed by atoms with Crippen molar-refractivity contribution in [3.05, 3.63) is 35.8 Å². The zero-order valence-electron chi connectivity index (χ0n) is 9.58. The fourth-order valence-electron chi connectivity index (χ4n) is 2.33. The lowest BCUT2D eigenvalue weighted by atomic mass is 10.1. The molecule has 1 fully saturated rings. The molecule has 1 aliphatic rings. The number of benzene rings is 1. The van der Waals surface area contributed by atoms with Crippen LogP contribution < -0.4 is 5.32 Å². The lowest BCUT2D eigenvalue weighted by Gasteiger charge is -2.26. The zero-order chi connectivity index (χ0) is 11.7. The molecule has 0 amide bonds. The summed E-state index contributed by atoms with van der Waals surface area (Å²) < 4.78 is 19.1. The predicted octanol–water partition coefficient (Wildman–Crippen LogP) is 1.98. The first kappa shape index (κ1) is 10.7. The van der Waals surface area contributed by atoms with Gasteiger partial charge in [-0.2, -0.15) is 0 Å². The molecule has 0 saturated carbocycles. The van der Waals surface area contributed by atoms with Gasteiger partial charge in [-0.15, -0.1) is 0 Å². The Morgan fingerprint density at radius 2 is 2.12 bits per heavy atom. The van der Waals surface area contributed by atoms with Crippen molar-refractivity contribution in [1.29, 1.82) is 0 Å². The van der Waals surface area contributed by atoms with Crippen molar-refractivity contribution in [2.75, 3.05) is 26.2 Å². The third kappa shape index (κ3) is 2.06. The third-order valence-corrected chi connectivity index (χ3v) is 3.23. The minimum Gasteiger partial charge on any atom is -0.464 e. The van der Waals surface area contributed by atoms with Gasteiger partial charge < -0.3 is 9.73 Å². The molecule has 1 saturated heterocycles. The van der Waals surface area contributed by atoms with E-state index in [1.54, 1.807) is 18.4 Å². The summed E-state index contributed by atoms with van der Waals surface area (Å²) in [5.74, 6) is -0.193. The van der Waals surface area contributed by atoms with E-state index in [9.17, 15) is 4.39 Å². The maximum Gasteiger partial charge on any atom is 0.137 e. The fraction of sp³-hybridized carbons (Fsp3) is 0.385. The summed E-state index contributed by atoms with van der Waals surface area (Å²) in [5.41, 5.74) is 1.58. The molecule has 0 unspecified atom stereocenters. The average Bonchev–Trinajstić information content (AvgIpc) is 2.75. The summed E-state index contributed by atoms with van der Waals surface area (Å²) in [5, 5.41) is 3.93. The number of halogens is 1. The Bertz CT molecular complexity index is 517. The van der Waals surface area contributed by atoms with Crippen LogP contribution in [-0.4, -0.2) is 31.1 Å². The van der Waals surface area contributed by atoms with E-state index in [1.165, 1.54) is 6.07 Å². The molecule has 90 valence electrons. The second-order valence-electron chi connectivity index (χ2n) is 4.40. The molecule has 1 aromatic carbocycles. The van der Waals surface area contributed by atoms with E-state index in [4.69, 9.17) is 4.42 Å². The number of hydrogen-bond donors (Lipinski definition) is 1. The van der Waals surface area contributed by atoms with Gasteiger partial charge in [0.2, 0.25) is 0 Å². The van der Waals surface area contributed by atoms with Gasteiger partial charge in [0.25, 0.3) is 0 Å². The molecular formula is C13H15FN2O. The molecule has 0 radical (unpaired) electrons. The van der Waals surface area contributed by atoms with Crippen LogP contribution in [-0.2, 0) is 6.54 Å². The van der Waals surface area contributed by atoms with Crippen LogP contribution in [0.5, 0.6) is 0 Å². The Labute approximate surface area is 99.2 Å². The highest BCUT2D eigenvalue weighted by Gasteiger charge is 2.15. The van der Waals surface area contributed by atoms with Crippen LogP contribution >= 0.6 is 0 Å². The van der Waals surface area contributed by atoms with Crippen LogP contribution in [0.4, 0.5) is 4.39 Å². The Hall–Kier alpha value is -1.39. The fourth-order valence-corrected chi connectivity index (χ4v) is 2.33. The number of furan rings is 1. The van der Waals surface area contributed by atoms with Crippen molar-refractivity contribution in [3.63, 3.8) is 0 Å². The number of piperazine rings is 1. The summed E-state index contributed by atoms with van der Waals surface area (Å²) in [6.45, 7) is 4.76. The molecule has 1 aromatic heterocycles. The Kier molecular flexibility index (Phi) is 2.82. The number of nitrogens with zero attached hydrogens (tertiary/aromatic N) is 1. The minimum absolute atomic E-state index is 0.193. The molecule has 1 aliphatic heterocycles. The number of hydrogen-bond acceptors (Lipinski definition) is 3. The molecule has 4 heteroatoms. The SMILES string of the molecule is Fc1cccc2occ(CN3CCNCC3)c12. The van der Waals surface area contributed by atoms with Crippen molar-refractivity contribution in [1.82, 2.24) is 10.2 Å². The van der Waals surface area contributed by atoms with Gasteiger partial charge in [0.1, 0.15) is 11.4 Å². The highest BCUT2D eigenvalue weighted by Crippen LogP contribution is 2.25. The lowest BCUT2D eigenvalue weighted by molar-refractivity contribution is 0.233. The van der Waals surface area contributed by atoms with E-state index >= 15 is 0 Å². The zero-order valence-corrected chi connectivity index (χ0v) is 9.58. The van der Waals surface area contributed by atoms with Gasteiger partial charge in [-0.3, -0.25) is 4.90 Å². The molecule has 0 spiro atoms. The molecular weight excluding hydrogens is 219 g/mol. The Morgan fingerprint density at radius 3 is 2.94 bits per heavy atom. The van der Waals surface area contributed by atoms with E-state index in [0.717, 1.165) is 38.3 Å². The molecule has 3 rings (SSSR count). The average molecular weight is 234 g/mol. The van der Waals surface area contributed by atoms with Gasteiger partial charge >= 0.3 is 0 Å². The van der Waals surface area contributed by atoms with Crippen molar-refractivity contribution >= 4 is 11.0 Å². The van der Waals surface area contributed by atoms with Gasteiger partial charge in [0.15, 0.2) is 0 Å². The van der Waals surface area contributed by atoms with Crippen LogP contribution in [0.15, 0.2) is 28.9 Å². The predicted molar refractivity (Wildman–Crippen MR) is 64.3 cm³/mol. The topological polar surface area (TPSA) is 28.4 Å². The lowest BCUT2D eigenvalue weighted by Crippen LogP contribution is -2.42. The van der Waals surface area contributed by atoms with E-state index < -0.39 is 0 Å². The summed E-state index contributed by atoms with van der Waals surface area (Å²) in [6, 6.07) is 4.97. The monoisotopic (exact) mass is 234 g/mol. The standard InChI is InChI=1S/C13H15FN2O/c14-11-2-1-3-12-13(11)10(9-17-12)8-16-6-4-15-5-7-16/h1-3,9,15H,4-8H2. The second kappa shape index (κ2) is 4.47. The van der Waals surface area contributed by atoms with Crippen molar-refractivity contribution in [3.8, 4) is 0 Å². The maximum atomic E-state index is 13.7. The molecule has 2 heterocycles. The van der Waals surface area contributed by atoms with Crippen LogP contribution in [0, 0.1) is 5.82 Å². The van der Waals surface area contributed by atoms with Crippen LogP contribution in [0.3, 0.4) is 0 Å². The van der Waals surface area contributed by atoms with Crippen LogP contribution in [0.25, 0.3) is 11.0 Å². The van der Waals surface area contributed by atoms with Gasteiger partial charge in [-0.1, -0.05) is 6.07 Å². The van der Waals surface area contributed by atoms with Crippen LogP contribution in [0.1, 0.15) is 5.56 Å². The number of fused-ring (bicyclic) bond motifs is 1. The smallest absolute Gasteiger partial charge is 0.137 e. The largest absolute Gasteiger partial charge is 0.464 e. The molecule has 0 bridgehead atoms. The van der Waals surface area contributed by atoms with Crippen LogP contribution in [0.2, 0.25) is 0 Å². The molecule has 2 aromatic rings. The molecule has 0 atom stereocenters. The summed E-state index contributed by atoms with van der Waals surface area (Å²) in [7, 11) is 0. The van der Waals surface area contributed by atoms with Gasteiger partial charge in [-0.25, -0.2) is 4.39 Å². The highest BCUT2D eigenvalue weighted by molar-refractivity contribution is 5.81. The number of nitrogens with one attached hydrogen (secondary N) is 1. The van der Waals surface area contributed by atoms with Gasteiger partial charge in [-0.05, 0) is 12.1 Å². The van der Waals surface area contributed by atoms with E-state index in [-0.39, 0.29) is 5.82 Å². The van der Waals surface area contributed by atoms with Crippen molar-refractivity contribution in [2.45, 2.75) is 6.54 Å². The molecule has 3 nitrogen and oxygen atoms in total.